The molecule has 0 radical (unpaired) electrons. The Morgan fingerprint density at radius 2 is 1.93 bits per heavy atom. The topological polar surface area (TPSA) is 110 Å². The molecule has 2 heterocycles. The SMILES string of the molecule is CCOC(=O)C1=C(COC(=O)c2ccc3[nH]c4c(c3c2)CCCC4)NC(=O)NC1. The monoisotopic (exact) mass is 397 g/mol. The van der Waals surface area contributed by atoms with Gasteiger partial charge in [-0.25, -0.2) is 14.4 Å². The molecule has 152 valence electrons. The van der Waals surface area contributed by atoms with Crippen LogP contribution in [0, 0.1) is 0 Å². The third kappa shape index (κ3) is 3.83. The van der Waals surface area contributed by atoms with Gasteiger partial charge in [0.15, 0.2) is 0 Å². The molecule has 1 aromatic heterocycles. The second-order valence-corrected chi connectivity index (χ2v) is 7.11. The predicted octanol–water partition coefficient (Wildman–Crippen LogP) is 2.33. The number of hydrogen-bond donors (Lipinski definition) is 3. The summed E-state index contributed by atoms with van der Waals surface area (Å²) in [5.74, 6) is -1.06. The zero-order valence-electron chi connectivity index (χ0n) is 16.2. The Kier molecular flexibility index (Phi) is 5.24. The Balaban J connectivity index is 1.52. The minimum atomic E-state index is -0.550. The molecule has 0 bridgehead atoms. The van der Waals surface area contributed by atoms with E-state index in [4.69, 9.17) is 9.47 Å². The second kappa shape index (κ2) is 7.98. The average molecular weight is 397 g/mol. The molecule has 1 aliphatic carbocycles. The number of carbonyl (C=O) groups is 3. The molecule has 0 fully saturated rings. The highest BCUT2D eigenvalue weighted by Gasteiger charge is 2.25. The Hall–Kier alpha value is -3.29. The normalized spacial score (nSPS) is 16.1. The van der Waals surface area contributed by atoms with E-state index >= 15 is 0 Å². The van der Waals surface area contributed by atoms with Crippen LogP contribution in [0.5, 0.6) is 0 Å². The number of ether oxygens (including phenoxy) is 2. The molecule has 0 unspecified atom stereocenters. The van der Waals surface area contributed by atoms with Crippen LogP contribution >= 0.6 is 0 Å². The van der Waals surface area contributed by atoms with Gasteiger partial charge in [-0.15, -0.1) is 0 Å². The van der Waals surface area contributed by atoms with E-state index in [0.29, 0.717) is 5.56 Å². The fraction of sp³-hybridized carbons (Fsp3) is 0.381. The van der Waals surface area contributed by atoms with Gasteiger partial charge in [0.1, 0.15) is 6.61 Å². The third-order valence-electron chi connectivity index (χ3n) is 5.26. The van der Waals surface area contributed by atoms with E-state index in [1.165, 1.54) is 17.7 Å². The minimum absolute atomic E-state index is 0.0268. The van der Waals surface area contributed by atoms with Crippen LogP contribution in [-0.2, 0) is 27.1 Å². The smallest absolute Gasteiger partial charge is 0.338 e. The number of fused-ring (bicyclic) bond motifs is 3. The Labute approximate surface area is 167 Å². The van der Waals surface area contributed by atoms with E-state index < -0.39 is 18.0 Å². The van der Waals surface area contributed by atoms with Crippen LogP contribution in [0.25, 0.3) is 10.9 Å². The highest BCUT2D eigenvalue weighted by atomic mass is 16.5. The van der Waals surface area contributed by atoms with Gasteiger partial charge in [0.25, 0.3) is 0 Å². The van der Waals surface area contributed by atoms with Crippen LogP contribution in [0.15, 0.2) is 29.5 Å². The summed E-state index contributed by atoms with van der Waals surface area (Å²) in [6.45, 7) is 1.72. The van der Waals surface area contributed by atoms with E-state index in [9.17, 15) is 14.4 Å². The average Bonchev–Trinajstić information content (AvgIpc) is 3.10. The Morgan fingerprint density at radius 3 is 2.76 bits per heavy atom. The molecule has 1 aliphatic heterocycles. The number of H-pyrrole nitrogens is 1. The van der Waals surface area contributed by atoms with E-state index in [0.717, 1.165) is 30.2 Å². The molecule has 8 nitrogen and oxygen atoms in total. The summed E-state index contributed by atoms with van der Waals surface area (Å²) in [5.41, 5.74) is 4.46. The number of benzene rings is 1. The lowest BCUT2D eigenvalue weighted by Gasteiger charge is -2.21. The number of carbonyl (C=O) groups excluding carboxylic acids is 3. The lowest BCUT2D eigenvalue weighted by Crippen LogP contribution is -2.45. The van der Waals surface area contributed by atoms with Crippen LogP contribution in [0.3, 0.4) is 0 Å². The quantitative estimate of drug-likeness (QED) is 0.671. The molecule has 0 saturated carbocycles. The van der Waals surface area contributed by atoms with Crippen molar-refractivity contribution in [3.05, 3.63) is 46.3 Å². The number of esters is 2. The van der Waals surface area contributed by atoms with Crippen molar-refractivity contribution in [3.8, 4) is 0 Å². The van der Waals surface area contributed by atoms with Crippen molar-refractivity contribution >= 4 is 28.9 Å². The van der Waals surface area contributed by atoms with E-state index in [1.54, 1.807) is 13.0 Å². The minimum Gasteiger partial charge on any atom is -0.463 e. The number of nitrogens with one attached hydrogen (secondary N) is 3. The van der Waals surface area contributed by atoms with Crippen molar-refractivity contribution in [1.29, 1.82) is 0 Å². The van der Waals surface area contributed by atoms with Gasteiger partial charge < -0.3 is 25.1 Å². The molecular weight excluding hydrogens is 374 g/mol. The number of aromatic nitrogens is 1. The van der Waals surface area contributed by atoms with Crippen LogP contribution in [0.2, 0.25) is 0 Å². The molecule has 1 aromatic carbocycles. The van der Waals surface area contributed by atoms with Crippen molar-refractivity contribution in [2.75, 3.05) is 19.8 Å². The number of amides is 2. The maximum Gasteiger partial charge on any atom is 0.338 e. The molecule has 29 heavy (non-hydrogen) atoms. The standard InChI is InChI=1S/C21H23N3O5/c1-2-28-20(26)15-10-22-21(27)24-18(15)11-29-19(25)12-7-8-17-14(9-12)13-5-3-4-6-16(13)23-17/h7-9,23H,2-6,10-11H2,1H3,(H2,22,24,27). The molecule has 8 heteroatoms. The molecule has 0 spiro atoms. The highest BCUT2D eigenvalue weighted by molar-refractivity contribution is 5.97. The number of rotatable bonds is 5. The summed E-state index contributed by atoms with van der Waals surface area (Å²) in [7, 11) is 0. The van der Waals surface area contributed by atoms with Crippen LogP contribution < -0.4 is 10.6 Å². The van der Waals surface area contributed by atoms with Gasteiger partial charge in [0.05, 0.1) is 30.0 Å². The van der Waals surface area contributed by atoms with E-state index in [-0.39, 0.29) is 31.0 Å². The fourth-order valence-electron chi connectivity index (χ4n) is 3.82. The third-order valence-corrected chi connectivity index (χ3v) is 5.26. The number of aryl methyl sites for hydroxylation is 2. The van der Waals surface area contributed by atoms with Crippen molar-refractivity contribution in [2.24, 2.45) is 0 Å². The summed E-state index contributed by atoms with van der Waals surface area (Å²) in [5, 5.41) is 6.09. The van der Waals surface area contributed by atoms with E-state index in [1.807, 2.05) is 12.1 Å². The molecule has 2 aromatic rings. The van der Waals surface area contributed by atoms with Gasteiger partial charge >= 0.3 is 18.0 Å². The first kappa shape index (κ1) is 19.0. The predicted molar refractivity (Wildman–Crippen MR) is 105 cm³/mol. The molecule has 2 aliphatic rings. The van der Waals surface area contributed by atoms with Gasteiger partial charge in [0, 0.05) is 16.6 Å². The summed E-state index contributed by atoms with van der Waals surface area (Å²) in [4.78, 5) is 39.7. The first-order valence-corrected chi connectivity index (χ1v) is 9.81. The first-order valence-electron chi connectivity index (χ1n) is 9.81. The van der Waals surface area contributed by atoms with Crippen LogP contribution in [0.1, 0.15) is 41.4 Å². The zero-order valence-corrected chi connectivity index (χ0v) is 16.2. The van der Waals surface area contributed by atoms with Gasteiger partial charge in [-0.1, -0.05) is 0 Å². The van der Waals surface area contributed by atoms with E-state index in [2.05, 4.69) is 15.6 Å². The van der Waals surface area contributed by atoms with Crippen molar-refractivity contribution in [3.63, 3.8) is 0 Å². The lowest BCUT2D eigenvalue weighted by molar-refractivity contribution is -0.138. The fourth-order valence-corrected chi connectivity index (χ4v) is 3.82. The van der Waals surface area contributed by atoms with Gasteiger partial charge in [-0.2, -0.15) is 0 Å². The molecule has 4 rings (SSSR count). The largest absolute Gasteiger partial charge is 0.463 e. The van der Waals surface area contributed by atoms with Crippen molar-refractivity contribution in [2.45, 2.75) is 32.6 Å². The molecule has 0 atom stereocenters. The van der Waals surface area contributed by atoms with Crippen molar-refractivity contribution < 1.29 is 23.9 Å². The van der Waals surface area contributed by atoms with Crippen molar-refractivity contribution in [1.82, 2.24) is 15.6 Å². The molecule has 3 N–H and O–H groups in total. The number of urea groups is 1. The summed E-state index contributed by atoms with van der Waals surface area (Å²) < 4.78 is 10.4. The Bertz CT molecular complexity index is 1020. The maximum absolute atomic E-state index is 12.6. The number of hydrogen-bond acceptors (Lipinski definition) is 5. The zero-order chi connectivity index (χ0) is 20.4. The summed E-state index contributed by atoms with van der Waals surface area (Å²) in [6, 6.07) is 5.00. The van der Waals surface area contributed by atoms with Crippen LogP contribution in [-0.4, -0.2) is 42.7 Å². The number of aromatic amines is 1. The summed E-state index contributed by atoms with van der Waals surface area (Å²) >= 11 is 0. The van der Waals surface area contributed by atoms with Crippen LogP contribution in [0.4, 0.5) is 4.79 Å². The molecule has 0 saturated heterocycles. The summed E-state index contributed by atoms with van der Waals surface area (Å²) in [6.07, 6.45) is 4.35. The van der Waals surface area contributed by atoms with Gasteiger partial charge in [-0.3, -0.25) is 0 Å². The molecule has 2 amide bonds. The first-order chi connectivity index (χ1) is 14.1. The second-order valence-electron chi connectivity index (χ2n) is 7.11. The maximum atomic E-state index is 12.6. The Morgan fingerprint density at radius 1 is 1.10 bits per heavy atom. The highest BCUT2D eigenvalue weighted by Crippen LogP contribution is 2.29. The lowest BCUT2D eigenvalue weighted by atomic mass is 9.95. The van der Waals surface area contributed by atoms with Gasteiger partial charge in [-0.05, 0) is 56.4 Å². The van der Waals surface area contributed by atoms with Gasteiger partial charge in [0.2, 0.25) is 0 Å². The molecular formula is C21H23N3O5.